The van der Waals surface area contributed by atoms with Gasteiger partial charge < -0.3 is 15.4 Å². The molecule has 0 bridgehead atoms. The summed E-state index contributed by atoms with van der Waals surface area (Å²) in [6.07, 6.45) is -3.31. The van der Waals surface area contributed by atoms with Crippen LogP contribution >= 0.6 is 0 Å². The molecule has 0 spiro atoms. The molecule has 0 heterocycles. The lowest BCUT2D eigenvalue weighted by atomic mass is 10.2. The number of para-hydroxylation sites is 2. The molecule has 5 nitrogen and oxygen atoms in total. The summed E-state index contributed by atoms with van der Waals surface area (Å²) >= 11 is 0. The maximum absolute atomic E-state index is 12.5. The van der Waals surface area contributed by atoms with Crippen molar-refractivity contribution in [2.24, 2.45) is 0 Å². The van der Waals surface area contributed by atoms with Gasteiger partial charge in [-0.3, -0.25) is 4.79 Å². The SMILES string of the molecule is COc1ccccc1NC(=O)/C(C#N)=C\Nc1ccc(C(F)(F)F)cc1. The lowest BCUT2D eigenvalue weighted by molar-refractivity contribution is -0.137. The summed E-state index contributed by atoms with van der Waals surface area (Å²) in [7, 11) is 1.44. The molecule has 0 saturated heterocycles. The Bertz CT molecular complexity index is 853. The predicted molar refractivity (Wildman–Crippen MR) is 90.4 cm³/mol. The molecule has 0 fully saturated rings. The second kappa shape index (κ2) is 8.07. The van der Waals surface area contributed by atoms with Gasteiger partial charge in [0.1, 0.15) is 17.4 Å². The third-order valence-corrected chi connectivity index (χ3v) is 3.32. The number of nitrogens with zero attached hydrogens (tertiary/aromatic N) is 1. The van der Waals surface area contributed by atoms with Gasteiger partial charge in [0, 0.05) is 11.9 Å². The highest BCUT2D eigenvalue weighted by molar-refractivity contribution is 6.07. The first kappa shape index (κ1) is 18.9. The molecule has 0 aliphatic rings. The second-order valence-electron chi connectivity index (χ2n) is 5.04. The largest absolute Gasteiger partial charge is 0.495 e. The molecule has 0 aromatic heterocycles. The average Bonchev–Trinajstić information content (AvgIpc) is 2.62. The maximum atomic E-state index is 12.5. The quantitative estimate of drug-likeness (QED) is 0.619. The average molecular weight is 361 g/mol. The fourth-order valence-electron chi connectivity index (χ4n) is 2.00. The number of carbonyl (C=O) groups excluding carboxylic acids is 1. The van der Waals surface area contributed by atoms with Crippen molar-refractivity contribution in [2.45, 2.75) is 6.18 Å². The van der Waals surface area contributed by atoms with E-state index < -0.39 is 17.6 Å². The Balaban J connectivity index is 2.10. The Morgan fingerprint density at radius 2 is 1.81 bits per heavy atom. The van der Waals surface area contributed by atoms with Gasteiger partial charge >= 0.3 is 6.18 Å². The summed E-state index contributed by atoms with van der Waals surface area (Å²) in [5, 5.41) is 14.3. The Labute approximate surface area is 147 Å². The molecule has 26 heavy (non-hydrogen) atoms. The van der Waals surface area contributed by atoms with Crippen LogP contribution in [0, 0.1) is 11.3 Å². The number of carbonyl (C=O) groups is 1. The van der Waals surface area contributed by atoms with Crippen molar-refractivity contribution in [1.29, 1.82) is 5.26 Å². The molecule has 0 saturated carbocycles. The van der Waals surface area contributed by atoms with Gasteiger partial charge in [-0.15, -0.1) is 0 Å². The molecule has 0 radical (unpaired) electrons. The number of hydrogen-bond donors (Lipinski definition) is 2. The number of alkyl halides is 3. The van der Waals surface area contributed by atoms with Crippen LogP contribution in [0.15, 0.2) is 60.3 Å². The maximum Gasteiger partial charge on any atom is 0.416 e. The molecule has 1 amide bonds. The van der Waals surface area contributed by atoms with Crippen LogP contribution in [0.4, 0.5) is 24.5 Å². The van der Waals surface area contributed by atoms with E-state index >= 15 is 0 Å². The molecular weight excluding hydrogens is 347 g/mol. The molecule has 134 valence electrons. The number of hydrogen-bond acceptors (Lipinski definition) is 4. The minimum atomic E-state index is -4.43. The first-order valence-electron chi connectivity index (χ1n) is 7.33. The van der Waals surface area contributed by atoms with Gasteiger partial charge in [-0.1, -0.05) is 12.1 Å². The summed E-state index contributed by atoms with van der Waals surface area (Å²) in [6, 6.07) is 12.6. The highest BCUT2D eigenvalue weighted by Gasteiger charge is 2.29. The normalized spacial score (nSPS) is 11.4. The molecule has 2 N–H and O–H groups in total. The summed E-state index contributed by atoms with van der Waals surface area (Å²) < 4.78 is 42.7. The van der Waals surface area contributed by atoms with Crippen LogP contribution in [0.2, 0.25) is 0 Å². The van der Waals surface area contributed by atoms with E-state index in [1.54, 1.807) is 30.3 Å². The van der Waals surface area contributed by atoms with Crippen molar-refractivity contribution >= 4 is 17.3 Å². The number of benzene rings is 2. The number of anilines is 2. The third kappa shape index (κ3) is 4.77. The summed E-state index contributed by atoms with van der Waals surface area (Å²) in [4.78, 5) is 12.2. The van der Waals surface area contributed by atoms with Crippen LogP contribution in [0.1, 0.15) is 5.56 Å². The van der Waals surface area contributed by atoms with E-state index in [1.165, 1.54) is 19.2 Å². The molecule has 2 aromatic rings. The standard InChI is InChI=1S/C18H14F3N3O2/c1-26-16-5-3-2-4-15(16)24-17(25)12(10-22)11-23-14-8-6-13(7-9-14)18(19,20)21/h2-9,11,23H,1H3,(H,24,25)/b12-11-. The number of halogens is 3. The zero-order valence-corrected chi connectivity index (χ0v) is 13.6. The highest BCUT2D eigenvalue weighted by Crippen LogP contribution is 2.29. The van der Waals surface area contributed by atoms with E-state index in [1.807, 2.05) is 0 Å². The van der Waals surface area contributed by atoms with Crippen molar-refractivity contribution < 1.29 is 22.7 Å². The molecule has 0 unspecified atom stereocenters. The van der Waals surface area contributed by atoms with E-state index in [-0.39, 0.29) is 5.57 Å². The number of nitrogens with one attached hydrogen (secondary N) is 2. The van der Waals surface area contributed by atoms with Crippen molar-refractivity contribution in [1.82, 2.24) is 0 Å². The van der Waals surface area contributed by atoms with Crippen molar-refractivity contribution in [3.8, 4) is 11.8 Å². The molecule has 8 heteroatoms. The number of ether oxygens (including phenoxy) is 1. The van der Waals surface area contributed by atoms with Crippen molar-refractivity contribution in [3.05, 3.63) is 65.9 Å². The van der Waals surface area contributed by atoms with Gasteiger partial charge in [-0.25, -0.2) is 0 Å². The van der Waals surface area contributed by atoms with Crippen LogP contribution in [0.3, 0.4) is 0 Å². The van der Waals surface area contributed by atoms with Gasteiger partial charge in [0.25, 0.3) is 5.91 Å². The fourth-order valence-corrected chi connectivity index (χ4v) is 2.00. The second-order valence-corrected chi connectivity index (χ2v) is 5.04. The van der Waals surface area contributed by atoms with E-state index in [2.05, 4.69) is 10.6 Å². The summed E-state index contributed by atoms with van der Waals surface area (Å²) in [6.45, 7) is 0. The minimum Gasteiger partial charge on any atom is -0.495 e. The highest BCUT2D eigenvalue weighted by atomic mass is 19.4. The van der Waals surface area contributed by atoms with Crippen molar-refractivity contribution in [2.75, 3.05) is 17.7 Å². The van der Waals surface area contributed by atoms with Gasteiger partial charge in [0.05, 0.1) is 18.4 Å². The van der Waals surface area contributed by atoms with E-state index in [0.717, 1.165) is 18.3 Å². The lowest BCUT2D eigenvalue weighted by Crippen LogP contribution is -2.15. The molecule has 0 atom stereocenters. The predicted octanol–water partition coefficient (Wildman–Crippen LogP) is 4.17. The zero-order chi connectivity index (χ0) is 19.2. The van der Waals surface area contributed by atoms with Crippen LogP contribution in [-0.4, -0.2) is 13.0 Å². The van der Waals surface area contributed by atoms with Gasteiger partial charge in [0.15, 0.2) is 0 Å². The van der Waals surface area contributed by atoms with Gasteiger partial charge in [-0.2, -0.15) is 18.4 Å². The Morgan fingerprint density at radius 3 is 2.38 bits per heavy atom. The Morgan fingerprint density at radius 1 is 1.15 bits per heavy atom. The van der Waals surface area contributed by atoms with Crippen molar-refractivity contribution in [3.63, 3.8) is 0 Å². The van der Waals surface area contributed by atoms with E-state index in [9.17, 15) is 18.0 Å². The van der Waals surface area contributed by atoms with Gasteiger partial charge in [0.2, 0.25) is 0 Å². The zero-order valence-electron chi connectivity index (χ0n) is 13.6. The lowest BCUT2D eigenvalue weighted by Gasteiger charge is -2.10. The molecule has 0 aliphatic heterocycles. The Kier molecular flexibility index (Phi) is 5.86. The van der Waals surface area contributed by atoms with E-state index in [4.69, 9.17) is 10.00 Å². The van der Waals surface area contributed by atoms with Crippen LogP contribution in [0.25, 0.3) is 0 Å². The molecule has 2 rings (SSSR count). The molecule has 0 aliphatic carbocycles. The minimum absolute atomic E-state index is 0.254. The molecule has 2 aromatic carbocycles. The number of nitriles is 1. The van der Waals surface area contributed by atoms with Crippen LogP contribution < -0.4 is 15.4 Å². The summed E-state index contributed by atoms with van der Waals surface area (Å²) in [5.41, 5.74) is -0.358. The first-order valence-corrected chi connectivity index (χ1v) is 7.33. The molecular formula is C18H14F3N3O2. The number of amides is 1. The van der Waals surface area contributed by atoms with Crippen LogP contribution in [-0.2, 0) is 11.0 Å². The third-order valence-electron chi connectivity index (χ3n) is 3.32. The smallest absolute Gasteiger partial charge is 0.416 e. The van der Waals surface area contributed by atoms with Gasteiger partial charge in [-0.05, 0) is 36.4 Å². The van der Waals surface area contributed by atoms with Crippen LogP contribution in [0.5, 0.6) is 5.75 Å². The topological polar surface area (TPSA) is 74.1 Å². The number of methoxy groups -OCH3 is 1. The summed E-state index contributed by atoms with van der Waals surface area (Å²) in [5.74, 6) is -0.259. The Hall–Kier alpha value is -3.47. The fraction of sp³-hybridized carbons (Fsp3) is 0.111. The van der Waals surface area contributed by atoms with E-state index in [0.29, 0.717) is 17.1 Å². The number of rotatable bonds is 5. The monoisotopic (exact) mass is 361 g/mol. The first-order chi connectivity index (χ1) is 12.3.